The summed E-state index contributed by atoms with van der Waals surface area (Å²) in [5.41, 5.74) is 3.27. The van der Waals surface area contributed by atoms with Gasteiger partial charge in [0.2, 0.25) is 5.91 Å². The average Bonchev–Trinajstić information content (AvgIpc) is 3.33. The Kier molecular flexibility index (Phi) is 4.97. The standard InChI is InChI=1S/C19H19N5OS/c25-19(23-12-10-15-6-4-5-9-17(15)23)11-13-26-14-18-20-21-22-24(18)16-7-2-1-3-8-16/h1-9H,10-14H2. The van der Waals surface area contributed by atoms with Crippen LogP contribution in [0.3, 0.4) is 0 Å². The number of thioether (sulfide) groups is 1. The lowest BCUT2D eigenvalue weighted by Gasteiger charge is -2.17. The molecule has 0 aliphatic carbocycles. The molecule has 26 heavy (non-hydrogen) atoms. The molecule has 1 aliphatic rings. The van der Waals surface area contributed by atoms with Crippen LogP contribution in [0.2, 0.25) is 0 Å². The fourth-order valence-corrected chi connectivity index (χ4v) is 3.95. The molecule has 3 aromatic rings. The van der Waals surface area contributed by atoms with Crippen LogP contribution in [0, 0.1) is 0 Å². The zero-order valence-electron chi connectivity index (χ0n) is 14.3. The van der Waals surface area contributed by atoms with Gasteiger partial charge in [-0.25, -0.2) is 0 Å². The van der Waals surface area contributed by atoms with Crippen molar-refractivity contribution in [3.05, 3.63) is 66.0 Å². The van der Waals surface area contributed by atoms with E-state index in [0.717, 1.165) is 35.9 Å². The highest BCUT2D eigenvalue weighted by atomic mass is 32.2. The Morgan fingerprint density at radius 1 is 1.08 bits per heavy atom. The van der Waals surface area contributed by atoms with Crippen molar-refractivity contribution in [2.24, 2.45) is 0 Å². The molecule has 7 heteroatoms. The summed E-state index contributed by atoms with van der Waals surface area (Å²) in [5.74, 6) is 2.40. The highest BCUT2D eigenvalue weighted by Gasteiger charge is 2.23. The Labute approximate surface area is 156 Å². The third-order valence-electron chi connectivity index (χ3n) is 4.41. The second-order valence-electron chi connectivity index (χ2n) is 6.07. The number of fused-ring (bicyclic) bond motifs is 1. The minimum Gasteiger partial charge on any atom is -0.312 e. The summed E-state index contributed by atoms with van der Waals surface area (Å²) in [6.45, 7) is 0.787. The molecule has 2 aromatic carbocycles. The first-order valence-corrected chi connectivity index (χ1v) is 9.77. The van der Waals surface area contributed by atoms with Crippen LogP contribution >= 0.6 is 11.8 Å². The van der Waals surface area contributed by atoms with Gasteiger partial charge in [0, 0.05) is 24.4 Å². The molecular formula is C19H19N5OS. The van der Waals surface area contributed by atoms with Gasteiger partial charge in [0.25, 0.3) is 0 Å². The number of aromatic nitrogens is 4. The predicted molar refractivity (Wildman–Crippen MR) is 102 cm³/mol. The summed E-state index contributed by atoms with van der Waals surface area (Å²) in [4.78, 5) is 14.4. The number of para-hydroxylation sites is 2. The van der Waals surface area contributed by atoms with E-state index in [1.807, 2.05) is 53.4 Å². The zero-order chi connectivity index (χ0) is 17.8. The van der Waals surface area contributed by atoms with Crippen molar-refractivity contribution in [2.45, 2.75) is 18.6 Å². The van der Waals surface area contributed by atoms with Crippen molar-refractivity contribution in [3.8, 4) is 5.69 Å². The molecular weight excluding hydrogens is 346 g/mol. The van der Waals surface area contributed by atoms with E-state index in [1.54, 1.807) is 16.4 Å². The molecule has 0 saturated heterocycles. The Morgan fingerprint density at radius 3 is 2.77 bits per heavy atom. The molecule has 0 saturated carbocycles. The molecule has 2 heterocycles. The largest absolute Gasteiger partial charge is 0.312 e. The van der Waals surface area contributed by atoms with E-state index in [1.165, 1.54) is 5.56 Å². The van der Waals surface area contributed by atoms with Gasteiger partial charge in [0.05, 0.1) is 11.4 Å². The van der Waals surface area contributed by atoms with Crippen molar-refractivity contribution in [1.82, 2.24) is 20.2 Å². The lowest BCUT2D eigenvalue weighted by atomic mass is 10.2. The van der Waals surface area contributed by atoms with Crippen LogP contribution in [-0.2, 0) is 17.0 Å². The number of carbonyl (C=O) groups excluding carboxylic acids is 1. The van der Waals surface area contributed by atoms with E-state index < -0.39 is 0 Å². The molecule has 0 radical (unpaired) electrons. The Morgan fingerprint density at radius 2 is 1.88 bits per heavy atom. The smallest absolute Gasteiger partial charge is 0.227 e. The number of tetrazole rings is 1. The summed E-state index contributed by atoms with van der Waals surface area (Å²) in [6, 6.07) is 18.0. The lowest BCUT2D eigenvalue weighted by molar-refractivity contribution is -0.118. The zero-order valence-corrected chi connectivity index (χ0v) is 15.1. The van der Waals surface area contributed by atoms with Gasteiger partial charge in [-0.15, -0.1) is 5.10 Å². The SMILES string of the molecule is O=C(CCSCc1nnnn1-c1ccccc1)N1CCc2ccccc21. The molecule has 0 fully saturated rings. The minimum atomic E-state index is 0.185. The normalized spacial score (nSPS) is 13.0. The van der Waals surface area contributed by atoms with Crippen LogP contribution in [0.15, 0.2) is 54.6 Å². The highest BCUT2D eigenvalue weighted by Crippen LogP contribution is 2.28. The van der Waals surface area contributed by atoms with Crippen LogP contribution in [0.1, 0.15) is 17.8 Å². The Hall–Kier alpha value is -2.67. The van der Waals surface area contributed by atoms with E-state index >= 15 is 0 Å². The number of nitrogens with zero attached hydrogens (tertiary/aromatic N) is 5. The molecule has 0 atom stereocenters. The number of rotatable bonds is 6. The van der Waals surface area contributed by atoms with Crippen LogP contribution in [0.25, 0.3) is 5.69 Å². The second kappa shape index (κ2) is 7.70. The van der Waals surface area contributed by atoms with E-state index in [0.29, 0.717) is 12.2 Å². The van der Waals surface area contributed by atoms with Gasteiger partial charge in [-0.05, 0) is 40.6 Å². The third-order valence-corrected chi connectivity index (χ3v) is 5.37. The fraction of sp³-hybridized carbons (Fsp3) is 0.263. The van der Waals surface area contributed by atoms with Gasteiger partial charge in [-0.3, -0.25) is 4.79 Å². The van der Waals surface area contributed by atoms with Crippen molar-refractivity contribution in [2.75, 3.05) is 17.2 Å². The van der Waals surface area contributed by atoms with Crippen LogP contribution in [0.4, 0.5) is 5.69 Å². The number of amides is 1. The molecule has 1 aromatic heterocycles. The summed E-state index contributed by atoms with van der Waals surface area (Å²) in [6.07, 6.45) is 1.47. The molecule has 0 unspecified atom stereocenters. The molecule has 0 spiro atoms. The predicted octanol–water partition coefficient (Wildman–Crippen LogP) is 2.87. The first kappa shape index (κ1) is 16.8. The topological polar surface area (TPSA) is 63.9 Å². The Bertz CT molecular complexity index is 896. The number of carbonyl (C=O) groups is 1. The molecule has 0 N–H and O–H groups in total. The maximum absolute atomic E-state index is 12.5. The minimum absolute atomic E-state index is 0.185. The van der Waals surface area contributed by atoms with E-state index in [2.05, 4.69) is 21.6 Å². The number of hydrogen-bond acceptors (Lipinski definition) is 5. The molecule has 0 bridgehead atoms. The summed E-state index contributed by atoms with van der Waals surface area (Å²) < 4.78 is 1.74. The molecule has 4 rings (SSSR count). The highest BCUT2D eigenvalue weighted by molar-refractivity contribution is 7.98. The molecule has 1 amide bonds. The van der Waals surface area contributed by atoms with E-state index in [-0.39, 0.29) is 5.91 Å². The van der Waals surface area contributed by atoms with Crippen molar-refractivity contribution in [3.63, 3.8) is 0 Å². The first-order valence-electron chi connectivity index (χ1n) is 8.61. The van der Waals surface area contributed by atoms with Gasteiger partial charge in [0.15, 0.2) is 5.82 Å². The fourth-order valence-electron chi connectivity index (χ4n) is 3.12. The maximum Gasteiger partial charge on any atom is 0.227 e. The van der Waals surface area contributed by atoms with E-state index in [4.69, 9.17) is 0 Å². The number of benzene rings is 2. The van der Waals surface area contributed by atoms with Crippen molar-refractivity contribution >= 4 is 23.4 Å². The quantitative estimate of drug-likeness (QED) is 0.629. The molecule has 6 nitrogen and oxygen atoms in total. The van der Waals surface area contributed by atoms with E-state index in [9.17, 15) is 4.79 Å². The summed E-state index contributed by atoms with van der Waals surface area (Å²) in [5, 5.41) is 11.9. The van der Waals surface area contributed by atoms with Crippen LogP contribution < -0.4 is 4.90 Å². The van der Waals surface area contributed by atoms with Crippen LogP contribution in [0.5, 0.6) is 0 Å². The van der Waals surface area contributed by atoms with Crippen LogP contribution in [-0.4, -0.2) is 38.4 Å². The number of anilines is 1. The second-order valence-corrected chi connectivity index (χ2v) is 7.17. The third kappa shape index (κ3) is 3.48. The molecule has 1 aliphatic heterocycles. The van der Waals surface area contributed by atoms with Gasteiger partial charge >= 0.3 is 0 Å². The number of hydrogen-bond donors (Lipinski definition) is 0. The monoisotopic (exact) mass is 365 g/mol. The van der Waals surface area contributed by atoms with Crippen molar-refractivity contribution in [1.29, 1.82) is 0 Å². The maximum atomic E-state index is 12.5. The van der Waals surface area contributed by atoms with Crippen molar-refractivity contribution < 1.29 is 4.79 Å². The van der Waals surface area contributed by atoms with Gasteiger partial charge in [0.1, 0.15) is 0 Å². The molecule has 132 valence electrons. The average molecular weight is 365 g/mol. The van der Waals surface area contributed by atoms with Gasteiger partial charge < -0.3 is 4.90 Å². The summed E-state index contributed by atoms with van der Waals surface area (Å²) >= 11 is 1.68. The Balaban J connectivity index is 1.30. The first-order chi connectivity index (χ1) is 12.8. The lowest BCUT2D eigenvalue weighted by Crippen LogP contribution is -2.29. The summed E-state index contributed by atoms with van der Waals surface area (Å²) in [7, 11) is 0. The van der Waals surface area contributed by atoms with Gasteiger partial charge in [-0.2, -0.15) is 16.4 Å². The van der Waals surface area contributed by atoms with Gasteiger partial charge in [-0.1, -0.05) is 36.4 Å².